The van der Waals surface area contributed by atoms with Crippen LogP contribution in [-0.4, -0.2) is 19.3 Å². The molecule has 0 heterocycles. The summed E-state index contributed by atoms with van der Waals surface area (Å²) < 4.78 is 50.6. The second kappa shape index (κ2) is 5.01. The summed E-state index contributed by atoms with van der Waals surface area (Å²) >= 11 is 5.48. The van der Waals surface area contributed by atoms with Crippen LogP contribution in [0.2, 0.25) is 5.02 Å². The Morgan fingerprint density at radius 1 is 1.38 bits per heavy atom. The molecule has 1 nitrogen and oxygen atoms in total. The molecule has 0 radical (unpaired) electrons. The highest BCUT2D eigenvalue weighted by molar-refractivity contribution is 6.30. The lowest BCUT2D eigenvalue weighted by atomic mass is 10.1. The topological polar surface area (TPSA) is 12.0 Å². The number of hydrogen-bond acceptors (Lipinski definition) is 1. The Morgan fingerprint density at radius 2 is 2.00 bits per heavy atom. The standard InChI is InChI=1S/C10H10ClF4N/c1-16-8(10(13,14)15)5-6-3-2-4-7(11)9(6)12/h2-4,8,16H,5H2,1H3. The summed E-state index contributed by atoms with van der Waals surface area (Å²) in [6.07, 6.45) is -4.89. The number of likely N-dealkylation sites (N-methyl/N-ethyl adjacent to an activating group) is 1. The van der Waals surface area contributed by atoms with Crippen LogP contribution in [0.4, 0.5) is 17.6 Å². The fourth-order valence-corrected chi connectivity index (χ4v) is 1.50. The van der Waals surface area contributed by atoms with Crippen molar-refractivity contribution in [3.8, 4) is 0 Å². The van der Waals surface area contributed by atoms with Gasteiger partial charge >= 0.3 is 6.18 Å². The molecule has 0 bridgehead atoms. The highest BCUT2D eigenvalue weighted by atomic mass is 35.5. The first-order chi connectivity index (χ1) is 7.36. The van der Waals surface area contributed by atoms with E-state index in [9.17, 15) is 17.6 Å². The summed E-state index contributed by atoms with van der Waals surface area (Å²) in [6, 6.07) is 2.23. The van der Waals surface area contributed by atoms with Crippen LogP contribution in [0.3, 0.4) is 0 Å². The van der Waals surface area contributed by atoms with E-state index >= 15 is 0 Å². The first-order valence-corrected chi connectivity index (χ1v) is 4.91. The van der Waals surface area contributed by atoms with Crippen molar-refractivity contribution in [3.63, 3.8) is 0 Å². The van der Waals surface area contributed by atoms with Crippen LogP contribution >= 0.6 is 11.6 Å². The van der Waals surface area contributed by atoms with Crippen LogP contribution in [0.15, 0.2) is 18.2 Å². The molecule has 0 amide bonds. The zero-order valence-corrected chi connectivity index (χ0v) is 9.16. The minimum absolute atomic E-state index is 0.0517. The quantitative estimate of drug-likeness (QED) is 0.818. The van der Waals surface area contributed by atoms with Crippen molar-refractivity contribution >= 4 is 11.6 Å². The predicted molar refractivity (Wildman–Crippen MR) is 54.0 cm³/mol. The second-order valence-electron chi connectivity index (χ2n) is 3.30. The lowest BCUT2D eigenvalue weighted by molar-refractivity contribution is -0.154. The highest BCUT2D eigenvalue weighted by Crippen LogP contribution is 2.25. The lowest BCUT2D eigenvalue weighted by Gasteiger charge is -2.19. The number of halogens is 5. The van der Waals surface area contributed by atoms with Crippen LogP contribution in [0.1, 0.15) is 5.56 Å². The second-order valence-corrected chi connectivity index (χ2v) is 3.71. The van der Waals surface area contributed by atoms with Gasteiger partial charge < -0.3 is 5.32 Å². The van der Waals surface area contributed by atoms with Crippen molar-refractivity contribution in [2.45, 2.75) is 18.6 Å². The molecule has 0 aliphatic heterocycles. The Balaban J connectivity index is 2.91. The summed E-state index contributed by atoms with van der Waals surface area (Å²) in [5, 5.41) is 1.93. The SMILES string of the molecule is CNC(Cc1cccc(Cl)c1F)C(F)(F)F. The molecular weight excluding hydrogens is 246 g/mol. The molecule has 0 aliphatic rings. The van der Waals surface area contributed by atoms with Crippen LogP contribution in [0.5, 0.6) is 0 Å². The average Bonchev–Trinajstić information content (AvgIpc) is 2.18. The molecular formula is C10H10ClF4N. The summed E-state index contributed by atoms with van der Waals surface area (Å²) in [5.74, 6) is -0.798. The maximum Gasteiger partial charge on any atom is 0.404 e. The van der Waals surface area contributed by atoms with Crippen molar-refractivity contribution in [3.05, 3.63) is 34.6 Å². The van der Waals surface area contributed by atoms with Crippen LogP contribution in [0.25, 0.3) is 0 Å². The highest BCUT2D eigenvalue weighted by Gasteiger charge is 2.38. The molecule has 1 N–H and O–H groups in total. The van der Waals surface area contributed by atoms with Gasteiger partial charge in [-0.05, 0) is 25.1 Å². The van der Waals surface area contributed by atoms with Crippen molar-refractivity contribution in [1.82, 2.24) is 5.32 Å². The first kappa shape index (κ1) is 13.3. The summed E-state index contributed by atoms with van der Waals surface area (Å²) in [4.78, 5) is 0. The van der Waals surface area contributed by atoms with Gasteiger partial charge in [-0.25, -0.2) is 4.39 Å². The van der Waals surface area contributed by atoms with Crippen molar-refractivity contribution in [1.29, 1.82) is 0 Å². The molecule has 1 unspecified atom stereocenters. The van der Waals surface area contributed by atoms with Crippen LogP contribution in [0, 0.1) is 5.82 Å². The molecule has 1 aromatic rings. The van der Waals surface area contributed by atoms with E-state index in [0.717, 1.165) is 0 Å². The molecule has 6 heteroatoms. The normalized spacial score (nSPS) is 13.9. The van der Waals surface area contributed by atoms with E-state index in [4.69, 9.17) is 11.6 Å². The first-order valence-electron chi connectivity index (χ1n) is 4.53. The van der Waals surface area contributed by atoms with E-state index in [2.05, 4.69) is 5.32 Å². The Bertz CT molecular complexity index is 364. The van der Waals surface area contributed by atoms with Gasteiger partial charge in [0.25, 0.3) is 0 Å². The predicted octanol–water partition coefficient (Wildman–Crippen LogP) is 3.17. The largest absolute Gasteiger partial charge is 0.404 e. The van der Waals surface area contributed by atoms with Gasteiger partial charge in [-0.1, -0.05) is 23.7 Å². The molecule has 0 spiro atoms. The van der Waals surface area contributed by atoms with Crippen molar-refractivity contribution < 1.29 is 17.6 Å². The smallest absolute Gasteiger partial charge is 0.309 e. The number of rotatable bonds is 3. The summed E-state index contributed by atoms with van der Waals surface area (Å²) in [7, 11) is 1.18. The maximum absolute atomic E-state index is 13.4. The molecule has 0 fully saturated rings. The van der Waals surface area contributed by atoms with Crippen LogP contribution in [-0.2, 0) is 6.42 Å². The van der Waals surface area contributed by atoms with Crippen LogP contribution < -0.4 is 5.32 Å². The number of benzene rings is 1. The number of hydrogen-bond donors (Lipinski definition) is 1. The molecule has 0 aliphatic carbocycles. The van der Waals surface area contributed by atoms with Gasteiger partial charge in [-0.3, -0.25) is 0 Å². The van der Waals surface area contributed by atoms with E-state index in [1.807, 2.05) is 0 Å². The Labute approximate surface area is 95.4 Å². The molecule has 0 saturated heterocycles. The molecule has 16 heavy (non-hydrogen) atoms. The van der Waals surface area contributed by atoms with Crippen molar-refractivity contribution in [2.24, 2.45) is 0 Å². The molecule has 1 rings (SSSR count). The van der Waals surface area contributed by atoms with Gasteiger partial charge in [-0.15, -0.1) is 0 Å². The molecule has 0 aromatic heterocycles. The van der Waals surface area contributed by atoms with E-state index in [-0.39, 0.29) is 10.6 Å². The van der Waals surface area contributed by atoms with Gasteiger partial charge in [0.1, 0.15) is 11.9 Å². The average molecular weight is 256 g/mol. The van der Waals surface area contributed by atoms with Gasteiger partial charge in [0.15, 0.2) is 0 Å². The Morgan fingerprint density at radius 3 is 2.50 bits per heavy atom. The third kappa shape index (κ3) is 3.09. The zero-order chi connectivity index (χ0) is 12.3. The fraction of sp³-hybridized carbons (Fsp3) is 0.400. The van der Waals surface area contributed by atoms with Gasteiger partial charge in [-0.2, -0.15) is 13.2 Å². The van der Waals surface area contributed by atoms with Gasteiger partial charge in [0.2, 0.25) is 0 Å². The molecule has 1 aromatic carbocycles. The Kier molecular flexibility index (Phi) is 4.15. The maximum atomic E-state index is 13.4. The van der Waals surface area contributed by atoms with E-state index in [1.165, 1.54) is 25.2 Å². The molecule has 90 valence electrons. The Hall–Kier alpha value is -0.810. The lowest BCUT2D eigenvalue weighted by Crippen LogP contribution is -2.41. The zero-order valence-electron chi connectivity index (χ0n) is 8.41. The van der Waals surface area contributed by atoms with E-state index in [1.54, 1.807) is 0 Å². The number of nitrogens with one attached hydrogen (secondary N) is 1. The third-order valence-electron chi connectivity index (χ3n) is 2.20. The van der Waals surface area contributed by atoms with Crippen molar-refractivity contribution in [2.75, 3.05) is 7.05 Å². The third-order valence-corrected chi connectivity index (χ3v) is 2.49. The van der Waals surface area contributed by atoms with Gasteiger partial charge in [0, 0.05) is 0 Å². The van der Waals surface area contributed by atoms with E-state index < -0.39 is 24.5 Å². The van der Waals surface area contributed by atoms with E-state index in [0.29, 0.717) is 0 Å². The molecule has 0 saturated carbocycles. The summed E-state index contributed by atoms with van der Waals surface area (Å²) in [6.45, 7) is 0. The fourth-order valence-electron chi connectivity index (χ4n) is 1.31. The van der Waals surface area contributed by atoms with Gasteiger partial charge in [0.05, 0.1) is 5.02 Å². The minimum Gasteiger partial charge on any atom is -0.309 e. The monoisotopic (exact) mass is 255 g/mol. The minimum atomic E-state index is -4.41. The number of alkyl halides is 3. The molecule has 1 atom stereocenters. The summed E-state index contributed by atoms with van der Waals surface area (Å²) in [5.41, 5.74) is -0.0517.